The fraction of sp³-hybridized carbons (Fsp3) is 0.500. The van der Waals surface area contributed by atoms with Crippen LogP contribution in [0.25, 0.3) is 0 Å². The van der Waals surface area contributed by atoms with Crippen LogP contribution < -0.4 is 20.9 Å². The summed E-state index contributed by atoms with van der Waals surface area (Å²) >= 11 is 0. The Labute approximate surface area is 388 Å². The number of hydrogen-bond donors (Lipinski definition) is 2. The molecule has 384 valence electrons. The molecular formula is C48H44F18N2O2. The first kappa shape index (κ1) is 52.6. The number of ether oxygens (including phenoxy) is 2. The molecule has 70 heavy (non-hydrogen) atoms. The minimum atomic E-state index is -6.02. The topological polar surface area (TPSA) is 70.5 Å². The van der Waals surface area contributed by atoms with Crippen LogP contribution in [0.1, 0.15) is 164 Å². The van der Waals surface area contributed by atoms with E-state index < -0.39 is 110 Å². The van der Waals surface area contributed by atoms with E-state index in [1.807, 2.05) is 0 Å². The number of rotatable bonds is 8. The first-order valence-electron chi connectivity index (χ1n) is 22.3. The van der Waals surface area contributed by atoms with Crippen molar-refractivity contribution in [3.05, 3.63) is 104 Å². The average molecular weight is 1020 g/mol. The Kier molecular flexibility index (Phi) is 14.1. The molecule has 4 aromatic rings. The lowest BCUT2D eigenvalue weighted by atomic mass is 9.60. The standard InChI is InChI=1S/C48H44F18N2O2/c49-43(50,51)32-22-34(36(45(55,56)57)38(40(32)67)47(61,62)63)69-26-14-16-30(28(20-26)24-10-4-1-5-11-24)42(18-8-3-9-19-42)31-17-15-27(21-29(31)25-12-6-2-7-13-25)70-35-23-33(44(52,53)54)41(68)39(48(64,65)66)37(35)46(58,59)60/h14-17,20-25H,1-13,18-19,67-68H2. The number of nitrogen functional groups attached to an aromatic ring is 2. The highest BCUT2D eigenvalue weighted by molar-refractivity contribution is 5.67. The van der Waals surface area contributed by atoms with Crippen LogP contribution in [0.15, 0.2) is 48.5 Å². The first-order valence-corrected chi connectivity index (χ1v) is 22.3. The van der Waals surface area contributed by atoms with Crippen LogP contribution in [-0.2, 0) is 42.5 Å². The molecule has 7 rings (SSSR count). The maximum Gasteiger partial charge on any atom is 0.420 e. The zero-order valence-corrected chi connectivity index (χ0v) is 36.7. The lowest BCUT2D eigenvalue weighted by Crippen LogP contribution is -2.34. The quantitative estimate of drug-likeness (QED) is 0.136. The average Bonchev–Trinajstić information content (AvgIpc) is 3.25. The van der Waals surface area contributed by atoms with Gasteiger partial charge in [-0.3, -0.25) is 0 Å². The third-order valence-electron chi connectivity index (χ3n) is 13.7. The van der Waals surface area contributed by atoms with Crippen LogP contribution in [0.5, 0.6) is 23.0 Å². The zero-order valence-electron chi connectivity index (χ0n) is 36.7. The summed E-state index contributed by atoms with van der Waals surface area (Å²) in [6, 6.07) is 7.27. The number of alkyl halides is 18. The van der Waals surface area contributed by atoms with Crippen LogP contribution in [0.3, 0.4) is 0 Å². The summed E-state index contributed by atoms with van der Waals surface area (Å²) in [5.41, 5.74) is -8.25. The highest BCUT2D eigenvalue weighted by Crippen LogP contribution is 2.57. The lowest BCUT2D eigenvalue weighted by Gasteiger charge is -2.43. The van der Waals surface area contributed by atoms with Crippen molar-refractivity contribution in [2.45, 2.75) is 151 Å². The molecule has 3 aliphatic rings. The number of benzene rings is 4. The van der Waals surface area contributed by atoms with Crippen LogP contribution in [0.4, 0.5) is 90.4 Å². The van der Waals surface area contributed by atoms with Crippen molar-refractivity contribution >= 4 is 11.4 Å². The predicted octanol–water partition coefficient (Wildman–Crippen LogP) is 17.9. The molecule has 4 N–H and O–H groups in total. The van der Waals surface area contributed by atoms with Crippen LogP contribution in [0, 0.1) is 0 Å². The Morgan fingerprint density at radius 3 is 1.00 bits per heavy atom. The Bertz CT molecular complexity index is 2380. The summed E-state index contributed by atoms with van der Waals surface area (Å²) in [7, 11) is 0. The molecule has 22 heteroatoms. The fourth-order valence-electron chi connectivity index (χ4n) is 10.8. The molecule has 4 aromatic carbocycles. The van der Waals surface area contributed by atoms with Crippen LogP contribution in [-0.4, -0.2) is 0 Å². The summed E-state index contributed by atoms with van der Waals surface area (Å²) < 4.78 is 268. The van der Waals surface area contributed by atoms with E-state index in [0.717, 1.165) is 25.0 Å². The second-order valence-electron chi connectivity index (χ2n) is 18.2. The van der Waals surface area contributed by atoms with Crippen molar-refractivity contribution in [2.24, 2.45) is 0 Å². The maximum absolute atomic E-state index is 14.6. The van der Waals surface area contributed by atoms with Crippen molar-refractivity contribution in [1.29, 1.82) is 0 Å². The lowest BCUT2D eigenvalue weighted by molar-refractivity contribution is -0.163. The number of anilines is 2. The highest BCUT2D eigenvalue weighted by atomic mass is 19.4. The molecule has 3 aliphatic carbocycles. The minimum Gasteiger partial charge on any atom is -0.457 e. The van der Waals surface area contributed by atoms with Crippen molar-refractivity contribution < 1.29 is 88.5 Å². The van der Waals surface area contributed by atoms with Gasteiger partial charge in [0.2, 0.25) is 0 Å². The summed E-state index contributed by atoms with van der Waals surface area (Å²) in [5, 5.41) is 0. The molecule has 0 unspecified atom stereocenters. The monoisotopic (exact) mass is 1020 g/mol. The van der Waals surface area contributed by atoms with E-state index in [-0.39, 0.29) is 24.0 Å². The SMILES string of the molecule is Nc1c(C(F)(F)F)cc(Oc2ccc(C3(c4ccc(Oc5cc(C(F)(F)F)c(N)c(C(F)(F)F)c5C(F)(F)F)cc4C4CCCCC4)CCCCC3)c(C3CCCCC3)c2)c(C(F)(F)F)c1C(F)(F)F. The molecule has 0 bridgehead atoms. The molecule has 0 aromatic heterocycles. The van der Waals surface area contributed by atoms with Gasteiger partial charge in [0.05, 0.1) is 33.6 Å². The smallest absolute Gasteiger partial charge is 0.420 e. The van der Waals surface area contributed by atoms with Crippen molar-refractivity contribution in [3.8, 4) is 23.0 Å². The van der Waals surface area contributed by atoms with E-state index in [4.69, 9.17) is 20.9 Å². The van der Waals surface area contributed by atoms with Gasteiger partial charge in [-0.1, -0.05) is 69.9 Å². The zero-order chi connectivity index (χ0) is 51.6. The molecule has 0 radical (unpaired) electrons. The van der Waals surface area contributed by atoms with Gasteiger partial charge in [-0.25, -0.2) is 0 Å². The summed E-state index contributed by atoms with van der Waals surface area (Å²) in [6.45, 7) is 0. The Morgan fingerprint density at radius 2 is 0.700 bits per heavy atom. The Balaban J connectivity index is 1.44. The second kappa shape index (κ2) is 18.8. The van der Waals surface area contributed by atoms with Gasteiger partial charge in [0.25, 0.3) is 0 Å². The molecule has 3 fully saturated rings. The van der Waals surface area contributed by atoms with Gasteiger partial charge in [0.15, 0.2) is 0 Å². The molecule has 0 spiro atoms. The Hall–Kier alpha value is -5.18. The number of nitrogens with two attached hydrogens (primary N) is 2. The van der Waals surface area contributed by atoms with E-state index in [9.17, 15) is 79.0 Å². The van der Waals surface area contributed by atoms with E-state index in [0.29, 0.717) is 106 Å². The maximum atomic E-state index is 14.6. The number of halogens is 18. The molecule has 3 saturated carbocycles. The summed E-state index contributed by atoms with van der Waals surface area (Å²) in [6.07, 6.45) is -26.4. The van der Waals surface area contributed by atoms with Gasteiger partial charge in [-0.15, -0.1) is 0 Å². The molecule has 0 amide bonds. The van der Waals surface area contributed by atoms with E-state index in [1.165, 1.54) is 24.3 Å². The van der Waals surface area contributed by atoms with Crippen molar-refractivity contribution in [3.63, 3.8) is 0 Å². The molecule has 0 saturated heterocycles. The van der Waals surface area contributed by atoms with Gasteiger partial charge in [0, 0.05) is 5.41 Å². The third-order valence-corrected chi connectivity index (χ3v) is 13.7. The van der Waals surface area contributed by atoms with E-state index >= 15 is 0 Å². The molecule has 0 aliphatic heterocycles. The highest BCUT2D eigenvalue weighted by Gasteiger charge is 2.53. The number of hydrogen-bond acceptors (Lipinski definition) is 4. The van der Waals surface area contributed by atoms with E-state index in [1.54, 1.807) is 0 Å². The minimum absolute atomic E-state index is 0.236. The van der Waals surface area contributed by atoms with Gasteiger partial charge < -0.3 is 20.9 Å². The van der Waals surface area contributed by atoms with Crippen LogP contribution >= 0.6 is 0 Å². The largest absolute Gasteiger partial charge is 0.457 e. The van der Waals surface area contributed by atoms with Gasteiger partial charge in [0.1, 0.15) is 34.1 Å². The van der Waals surface area contributed by atoms with Gasteiger partial charge >= 0.3 is 37.1 Å². The molecular weight excluding hydrogens is 979 g/mol. The van der Waals surface area contributed by atoms with Crippen molar-refractivity contribution in [1.82, 2.24) is 0 Å². The van der Waals surface area contributed by atoms with E-state index in [2.05, 4.69) is 0 Å². The second-order valence-corrected chi connectivity index (χ2v) is 18.2. The Morgan fingerprint density at radius 1 is 0.386 bits per heavy atom. The molecule has 0 atom stereocenters. The van der Waals surface area contributed by atoms with Gasteiger partial charge in [-0.2, -0.15) is 79.0 Å². The normalized spacial score (nSPS) is 18.3. The molecule has 4 nitrogen and oxygen atoms in total. The van der Waals surface area contributed by atoms with Gasteiger partial charge in [-0.05, 0) is 109 Å². The van der Waals surface area contributed by atoms with Crippen LogP contribution in [0.2, 0.25) is 0 Å². The third kappa shape index (κ3) is 10.6. The summed E-state index contributed by atoms with van der Waals surface area (Å²) in [5.74, 6) is -5.44. The first-order chi connectivity index (χ1) is 32.3. The van der Waals surface area contributed by atoms with Crippen molar-refractivity contribution in [2.75, 3.05) is 11.5 Å². The fourth-order valence-corrected chi connectivity index (χ4v) is 10.8. The summed E-state index contributed by atoms with van der Waals surface area (Å²) in [4.78, 5) is 0. The molecule has 0 heterocycles. The predicted molar refractivity (Wildman–Crippen MR) is 220 cm³/mol.